The zero-order valence-electron chi connectivity index (χ0n) is 8.97. The molecule has 1 fully saturated rings. The topological polar surface area (TPSA) is 27.1 Å². The fourth-order valence-electron chi connectivity index (χ4n) is 2.07. The van der Waals surface area contributed by atoms with E-state index in [0.29, 0.717) is 0 Å². The van der Waals surface area contributed by atoms with Crippen molar-refractivity contribution in [3.8, 4) is 0 Å². The molecule has 0 spiro atoms. The van der Waals surface area contributed by atoms with Crippen LogP contribution in [0.5, 0.6) is 0 Å². The molecule has 2 heteroatoms. The smallest absolute Gasteiger partial charge is 0.0954 e. The second kappa shape index (κ2) is 5.25. The molecule has 0 aromatic rings. The number of likely N-dealkylation sites (tertiary alicyclic amines) is 1. The highest BCUT2D eigenvalue weighted by molar-refractivity contribution is 5.78. The van der Waals surface area contributed by atoms with Crippen LogP contribution in [0.25, 0.3) is 0 Å². The molecule has 1 saturated heterocycles. The van der Waals surface area contributed by atoms with Crippen LogP contribution in [-0.4, -0.2) is 23.8 Å². The van der Waals surface area contributed by atoms with Gasteiger partial charge in [0.2, 0.25) is 0 Å². The molecular weight excluding hydrogens is 160 g/mol. The molecule has 0 aromatic carbocycles. The number of hydrogen-bond donors (Lipinski definition) is 1. The van der Waals surface area contributed by atoms with Gasteiger partial charge in [-0.25, -0.2) is 0 Å². The van der Waals surface area contributed by atoms with E-state index in [0.717, 1.165) is 31.3 Å². The van der Waals surface area contributed by atoms with E-state index in [4.69, 9.17) is 5.41 Å². The molecule has 0 bridgehead atoms. The maximum absolute atomic E-state index is 7.78. The Labute approximate surface area is 81.8 Å². The molecule has 1 N–H and O–H groups in total. The Morgan fingerprint density at radius 3 is 2.69 bits per heavy atom. The summed E-state index contributed by atoms with van der Waals surface area (Å²) in [6, 6.07) is 0. The van der Waals surface area contributed by atoms with Crippen LogP contribution in [0.1, 0.15) is 46.0 Å². The monoisotopic (exact) mass is 182 g/mol. The van der Waals surface area contributed by atoms with Crippen molar-refractivity contribution in [2.24, 2.45) is 5.92 Å². The molecule has 13 heavy (non-hydrogen) atoms. The summed E-state index contributed by atoms with van der Waals surface area (Å²) >= 11 is 0. The summed E-state index contributed by atoms with van der Waals surface area (Å²) in [7, 11) is 0. The van der Waals surface area contributed by atoms with E-state index < -0.39 is 0 Å². The van der Waals surface area contributed by atoms with E-state index in [9.17, 15) is 0 Å². The van der Waals surface area contributed by atoms with E-state index in [1.165, 1.54) is 25.7 Å². The Bertz CT molecular complexity index is 165. The van der Waals surface area contributed by atoms with E-state index in [-0.39, 0.29) is 0 Å². The van der Waals surface area contributed by atoms with Crippen LogP contribution in [-0.2, 0) is 0 Å². The fraction of sp³-hybridized carbons (Fsp3) is 0.909. The van der Waals surface area contributed by atoms with Gasteiger partial charge in [-0.2, -0.15) is 0 Å². The van der Waals surface area contributed by atoms with Crippen LogP contribution >= 0.6 is 0 Å². The van der Waals surface area contributed by atoms with E-state index in [1.54, 1.807) is 0 Å². The zero-order chi connectivity index (χ0) is 9.68. The first kappa shape index (κ1) is 10.6. The van der Waals surface area contributed by atoms with E-state index in [1.807, 2.05) is 0 Å². The van der Waals surface area contributed by atoms with Gasteiger partial charge in [0.05, 0.1) is 5.84 Å². The van der Waals surface area contributed by atoms with Gasteiger partial charge in [-0.1, -0.05) is 20.3 Å². The minimum atomic E-state index is 0.830. The lowest BCUT2D eigenvalue weighted by molar-refractivity contribution is 0.405. The van der Waals surface area contributed by atoms with Crippen molar-refractivity contribution < 1.29 is 0 Å². The van der Waals surface area contributed by atoms with Crippen LogP contribution in [0.3, 0.4) is 0 Å². The van der Waals surface area contributed by atoms with Crippen molar-refractivity contribution in [2.75, 3.05) is 13.1 Å². The van der Waals surface area contributed by atoms with Crippen molar-refractivity contribution in [1.82, 2.24) is 4.90 Å². The summed E-state index contributed by atoms with van der Waals surface area (Å²) in [5.41, 5.74) is 0. The Balaban J connectivity index is 2.40. The van der Waals surface area contributed by atoms with Crippen molar-refractivity contribution in [1.29, 1.82) is 5.41 Å². The molecule has 0 radical (unpaired) electrons. The largest absolute Gasteiger partial charge is 0.361 e. The molecule has 2 nitrogen and oxygen atoms in total. The van der Waals surface area contributed by atoms with Crippen LogP contribution in [0.15, 0.2) is 0 Å². The number of nitrogens with one attached hydrogen (secondary N) is 1. The molecule has 0 amide bonds. The lowest BCUT2D eigenvalue weighted by Crippen LogP contribution is -2.30. The average molecular weight is 182 g/mol. The predicted molar refractivity (Wildman–Crippen MR) is 57.2 cm³/mol. The lowest BCUT2D eigenvalue weighted by atomic mass is 9.98. The molecule has 0 aromatic heterocycles. The van der Waals surface area contributed by atoms with Crippen LogP contribution in [0.4, 0.5) is 0 Å². The van der Waals surface area contributed by atoms with Gasteiger partial charge in [0.1, 0.15) is 0 Å². The summed E-state index contributed by atoms with van der Waals surface area (Å²) in [5.74, 6) is 1.74. The second-order valence-electron chi connectivity index (χ2n) is 3.99. The number of rotatable bonds is 2. The van der Waals surface area contributed by atoms with Gasteiger partial charge in [0.25, 0.3) is 0 Å². The van der Waals surface area contributed by atoms with Crippen molar-refractivity contribution in [2.45, 2.75) is 46.0 Å². The molecule has 1 aliphatic rings. The Hall–Kier alpha value is -0.530. The quantitative estimate of drug-likeness (QED) is 0.516. The van der Waals surface area contributed by atoms with Crippen LogP contribution in [0.2, 0.25) is 0 Å². The number of nitrogens with zero attached hydrogens (tertiary/aromatic N) is 1. The molecular formula is C11H22N2. The summed E-state index contributed by atoms with van der Waals surface area (Å²) in [6.07, 6.45) is 6.13. The first-order valence-corrected chi connectivity index (χ1v) is 5.60. The molecule has 1 heterocycles. The highest BCUT2D eigenvalue weighted by atomic mass is 15.2. The van der Waals surface area contributed by atoms with E-state index in [2.05, 4.69) is 18.7 Å². The first-order chi connectivity index (χ1) is 6.27. The van der Waals surface area contributed by atoms with Crippen molar-refractivity contribution >= 4 is 5.84 Å². The SMILES string of the molecule is CCC(=N)N1CCCC(CC)CC1. The molecule has 1 unspecified atom stereocenters. The number of amidine groups is 1. The minimum absolute atomic E-state index is 0.830. The highest BCUT2D eigenvalue weighted by Crippen LogP contribution is 2.20. The molecule has 1 aliphatic heterocycles. The fourth-order valence-corrected chi connectivity index (χ4v) is 2.07. The predicted octanol–water partition coefficient (Wildman–Crippen LogP) is 2.89. The third kappa shape index (κ3) is 3.02. The van der Waals surface area contributed by atoms with Gasteiger partial charge in [-0.05, 0) is 25.2 Å². The highest BCUT2D eigenvalue weighted by Gasteiger charge is 2.16. The van der Waals surface area contributed by atoms with Crippen molar-refractivity contribution in [3.63, 3.8) is 0 Å². The van der Waals surface area contributed by atoms with Gasteiger partial charge in [0.15, 0.2) is 0 Å². The maximum Gasteiger partial charge on any atom is 0.0954 e. The van der Waals surface area contributed by atoms with E-state index >= 15 is 0 Å². The second-order valence-corrected chi connectivity index (χ2v) is 3.99. The summed E-state index contributed by atoms with van der Waals surface area (Å²) in [5, 5.41) is 7.78. The molecule has 1 rings (SSSR count). The van der Waals surface area contributed by atoms with Gasteiger partial charge >= 0.3 is 0 Å². The van der Waals surface area contributed by atoms with Crippen LogP contribution in [0, 0.1) is 11.3 Å². The summed E-state index contributed by atoms with van der Waals surface area (Å²) in [4.78, 5) is 2.26. The third-order valence-corrected chi connectivity index (χ3v) is 3.14. The normalized spacial score (nSPS) is 24.2. The van der Waals surface area contributed by atoms with Crippen molar-refractivity contribution in [3.05, 3.63) is 0 Å². The Morgan fingerprint density at radius 1 is 1.31 bits per heavy atom. The minimum Gasteiger partial charge on any atom is -0.361 e. The third-order valence-electron chi connectivity index (χ3n) is 3.14. The van der Waals surface area contributed by atoms with Gasteiger partial charge in [-0.15, -0.1) is 0 Å². The summed E-state index contributed by atoms with van der Waals surface area (Å²) < 4.78 is 0. The summed E-state index contributed by atoms with van der Waals surface area (Å²) in [6.45, 7) is 6.59. The zero-order valence-corrected chi connectivity index (χ0v) is 8.97. The Morgan fingerprint density at radius 2 is 2.08 bits per heavy atom. The average Bonchev–Trinajstić information content (AvgIpc) is 2.41. The molecule has 0 saturated carbocycles. The maximum atomic E-state index is 7.78. The molecule has 1 atom stereocenters. The van der Waals surface area contributed by atoms with Crippen LogP contribution < -0.4 is 0 Å². The standard InChI is InChI=1S/C11H22N2/c1-3-10-6-5-8-13(9-7-10)11(12)4-2/h10,12H,3-9H2,1-2H3. The molecule has 0 aliphatic carbocycles. The van der Waals surface area contributed by atoms with Gasteiger partial charge < -0.3 is 4.90 Å². The number of hydrogen-bond acceptors (Lipinski definition) is 1. The Kier molecular flexibility index (Phi) is 4.26. The van der Waals surface area contributed by atoms with Gasteiger partial charge in [0, 0.05) is 19.5 Å². The lowest BCUT2D eigenvalue weighted by Gasteiger charge is -2.22. The first-order valence-electron chi connectivity index (χ1n) is 5.60. The molecule has 76 valence electrons. The van der Waals surface area contributed by atoms with Gasteiger partial charge in [-0.3, -0.25) is 5.41 Å².